The molecule has 3 N–H and O–H groups in total. The fourth-order valence-corrected chi connectivity index (χ4v) is 3.61. The third kappa shape index (κ3) is 6.75. The number of carbonyl (C=O) groups excluding carboxylic acids is 1. The zero-order valence-electron chi connectivity index (χ0n) is 18.0. The van der Waals surface area contributed by atoms with E-state index < -0.39 is 5.41 Å². The number of aryl methyl sites for hydroxylation is 1. The standard InChI is InChI=1S/C23H32N4O2.HI/c1-23(2,21(28)24-3)16-26-22(25-13-12-20-9-6-14-29-20)27-19-11-10-17-7-4-5-8-18(17)15-19;/h4-9,14,19H,10-13,15-16H2,1-3H3,(H,24,28)(H2,25,26,27);1H. The minimum atomic E-state index is -0.566. The van der Waals surface area contributed by atoms with E-state index in [4.69, 9.17) is 9.41 Å². The first kappa shape index (κ1) is 24.2. The second-order valence-electron chi connectivity index (χ2n) is 8.24. The summed E-state index contributed by atoms with van der Waals surface area (Å²) in [7, 11) is 1.66. The second kappa shape index (κ2) is 11.4. The SMILES string of the molecule is CNC(=O)C(C)(C)CN=C(NCCc1ccco1)NC1CCc2ccccc2C1.I. The van der Waals surface area contributed by atoms with Gasteiger partial charge in [0.2, 0.25) is 5.91 Å². The molecular formula is C23H33IN4O2. The van der Waals surface area contributed by atoms with Crippen molar-refractivity contribution in [2.75, 3.05) is 20.1 Å². The summed E-state index contributed by atoms with van der Waals surface area (Å²) in [6, 6.07) is 12.8. The maximum atomic E-state index is 12.1. The number of guanidine groups is 1. The smallest absolute Gasteiger partial charge is 0.227 e. The molecule has 1 aliphatic carbocycles. The van der Waals surface area contributed by atoms with Crippen molar-refractivity contribution in [1.29, 1.82) is 0 Å². The Morgan fingerprint density at radius 2 is 1.97 bits per heavy atom. The first-order chi connectivity index (χ1) is 14.0. The quantitative estimate of drug-likeness (QED) is 0.295. The highest BCUT2D eigenvalue weighted by atomic mass is 127. The molecule has 0 spiro atoms. The van der Waals surface area contributed by atoms with Gasteiger partial charge in [-0.25, -0.2) is 0 Å². The van der Waals surface area contributed by atoms with E-state index in [1.807, 2.05) is 26.0 Å². The molecule has 1 heterocycles. The predicted molar refractivity (Wildman–Crippen MR) is 131 cm³/mol. The molecule has 0 fully saturated rings. The molecule has 0 aliphatic heterocycles. The molecule has 0 bridgehead atoms. The van der Waals surface area contributed by atoms with Crippen molar-refractivity contribution in [2.24, 2.45) is 10.4 Å². The number of carbonyl (C=O) groups is 1. The summed E-state index contributed by atoms with van der Waals surface area (Å²) in [6.45, 7) is 4.94. The molecular weight excluding hydrogens is 491 g/mol. The number of hydrogen-bond acceptors (Lipinski definition) is 3. The van der Waals surface area contributed by atoms with E-state index in [0.29, 0.717) is 19.1 Å². The largest absolute Gasteiger partial charge is 0.469 e. The third-order valence-electron chi connectivity index (χ3n) is 5.41. The lowest BCUT2D eigenvalue weighted by Gasteiger charge is -2.28. The third-order valence-corrected chi connectivity index (χ3v) is 5.41. The maximum Gasteiger partial charge on any atom is 0.227 e. The van der Waals surface area contributed by atoms with Gasteiger partial charge in [0, 0.05) is 26.1 Å². The predicted octanol–water partition coefficient (Wildman–Crippen LogP) is 3.31. The fourth-order valence-electron chi connectivity index (χ4n) is 3.61. The normalized spacial score (nSPS) is 16.2. The molecule has 0 saturated carbocycles. The first-order valence-electron chi connectivity index (χ1n) is 10.3. The Bertz CT molecular complexity index is 833. The van der Waals surface area contributed by atoms with Gasteiger partial charge in [0.25, 0.3) is 0 Å². The summed E-state index contributed by atoms with van der Waals surface area (Å²) in [6.07, 6.45) is 5.58. The average Bonchev–Trinajstić information content (AvgIpc) is 3.24. The van der Waals surface area contributed by atoms with Crippen molar-refractivity contribution in [3.63, 3.8) is 0 Å². The number of amides is 1. The molecule has 0 radical (unpaired) electrons. The minimum absolute atomic E-state index is 0. The van der Waals surface area contributed by atoms with Gasteiger partial charge in [-0.15, -0.1) is 24.0 Å². The summed E-state index contributed by atoms with van der Waals surface area (Å²) < 4.78 is 5.41. The molecule has 1 unspecified atom stereocenters. The molecule has 6 nitrogen and oxygen atoms in total. The second-order valence-corrected chi connectivity index (χ2v) is 8.24. The van der Waals surface area contributed by atoms with Gasteiger partial charge in [-0.3, -0.25) is 9.79 Å². The first-order valence-corrected chi connectivity index (χ1v) is 10.3. The van der Waals surface area contributed by atoms with Crippen molar-refractivity contribution >= 4 is 35.8 Å². The van der Waals surface area contributed by atoms with Gasteiger partial charge in [0.1, 0.15) is 5.76 Å². The van der Waals surface area contributed by atoms with Gasteiger partial charge in [-0.2, -0.15) is 0 Å². The van der Waals surface area contributed by atoms with E-state index in [-0.39, 0.29) is 29.9 Å². The molecule has 1 amide bonds. The van der Waals surface area contributed by atoms with E-state index in [0.717, 1.165) is 37.4 Å². The Balaban J connectivity index is 0.00000320. The summed E-state index contributed by atoms with van der Waals surface area (Å²) in [5.74, 6) is 1.68. The highest BCUT2D eigenvalue weighted by Crippen LogP contribution is 2.21. The van der Waals surface area contributed by atoms with E-state index in [1.165, 1.54) is 11.1 Å². The number of nitrogens with one attached hydrogen (secondary N) is 3. The number of nitrogens with zero attached hydrogens (tertiary/aromatic N) is 1. The Kier molecular flexibility index (Phi) is 9.20. The van der Waals surface area contributed by atoms with Crippen LogP contribution in [0.25, 0.3) is 0 Å². The van der Waals surface area contributed by atoms with Crippen LogP contribution in [0.15, 0.2) is 52.1 Å². The Hall–Kier alpha value is -2.03. The molecule has 1 aromatic heterocycles. The number of aliphatic imine (C=N–C) groups is 1. The number of furan rings is 1. The maximum absolute atomic E-state index is 12.1. The van der Waals surface area contributed by atoms with Crippen LogP contribution in [-0.2, 0) is 24.1 Å². The van der Waals surface area contributed by atoms with Crippen molar-refractivity contribution in [1.82, 2.24) is 16.0 Å². The monoisotopic (exact) mass is 524 g/mol. The topological polar surface area (TPSA) is 78.7 Å². The van der Waals surface area contributed by atoms with E-state index in [1.54, 1.807) is 13.3 Å². The highest BCUT2D eigenvalue weighted by Gasteiger charge is 2.27. The summed E-state index contributed by atoms with van der Waals surface area (Å²) in [5.41, 5.74) is 2.27. The summed E-state index contributed by atoms with van der Waals surface area (Å²) in [4.78, 5) is 16.8. The molecule has 1 atom stereocenters. The lowest BCUT2D eigenvalue weighted by molar-refractivity contribution is -0.128. The fraction of sp³-hybridized carbons (Fsp3) is 0.478. The van der Waals surface area contributed by atoms with Crippen LogP contribution < -0.4 is 16.0 Å². The zero-order valence-corrected chi connectivity index (χ0v) is 20.4. The van der Waals surface area contributed by atoms with Crippen LogP contribution in [0.1, 0.15) is 37.2 Å². The van der Waals surface area contributed by atoms with E-state index >= 15 is 0 Å². The number of rotatable bonds is 7. The molecule has 3 rings (SSSR count). The average molecular weight is 524 g/mol. The van der Waals surface area contributed by atoms with Crippen LogP contribution in [0.5, 0.6) is 0 Å². The van der Waals surface area contributed by atoms with Gasteiger partial charge >= 0.3 is 0 Å². The summed E-state index contributed by atoms with van der Waals surface area (Å²) in [5, 5.41) is 9.71. The van der Waals surface area contributed by atoms with Crippen LogP contribution in [0.4, 0.5) is 0 Å². The van der Waals surface area contributed by atoms with Gasteiger partial charge in [0.05, 0.1) is 18.2 Å². The Labute approximate surface area is 196 Å². The van der Waals surface area contributed by atoms with Crippen LogP contribution in [0.3, 0.4) is 0 Å². The molecule has 2 aromatic rings. The molecule has 0 saturated heterocycles. The number of benzene rings is 1. The number of fused-ring (bicyclic) bond motifs is 1. The van der Waals surface area contributed by atoms with Crippen LogP contribution in [0, 0.1) is 5.41 Å². The van der Waals surface area contributed by atoms with Crippen LogP contribution >= 0.6 is 24.0 Å². The van der Waals surface area contributed by atoms with Crippen LogP contribution in [0.2, 0.25) is 0 Å². The Morgan fingerprint density at radius 1 is 1.20 bits per heavy atom. The molecule has 1 aromatic carbocycles. The van der Waals surface area contributed by atoms with Crippen molar-refractivity contribution < 1.29 is 9.21 Å². The van der Waals surface area contributed by atoms with E-state index in [2.05, 4.69) is 40.2 Å². The Morgan fingerprint density at radius 3 is 2.67 bits per heavy atom. The van der Waals surface area contributed by atoms with E-state index in [9.17, 15) is 4.79 Å². The highest BCUT2D eigenvalue weighted by molar-refractivity contribution is 14.0. The van der Waals surface area contributed by atoms with Crippen molar-refractivity contribution in [3.8, 4) is 0 Å². The van der Waals surface area contributed by atoms with Crippen molar-refractivity contribution in [2.45, 2.75) is 45.6 Å². The number of hydrogen-bond donors (Lipinski definition) is 3. The zero-order chi connectivity index (χ0) is 20.7. The summed E-state index contributed by atoms with van der Waals surface area (Å²) >= 11 is 0. The van der Waals surface area contributed by atoms with Gasteiger partial charge in [0.15, 0.2) is 5.96 Å². The van der Waals surface area contributed by atoms with Gasteiger partial charge < -0.3 is 20.4 Å². The molecule has 30 heavy (non-hydrogen) atoms. The molecule has 7 heteroatoms. The molecule has 164 valence electrons. The minimum Gasteiger partial charge on any atom is -0.469 e. The lowest BCUT2D eigenvalue weighted by Crippen LogP contribution is -2.47. The van der Waals surface area contributed by atoms with Crippen LogP contribution in [-0.4, -0.2) is 38.0 Å². The van der Waals surface area contributed by atoms with Gasteiger partial charge in [-0.1, -0.05) is 24.3 Å². The van der Waals surface area contributed by atoms with Gasteiger partial charge in [-0.05, 0) is 56.4 Å². The van der Waals surface area contributed by atoms with Crippen molar-refractivity contribution in [3.05, 3.63) is 59.5 Å². The molecule has 1 aliphatic rings. The number of halogens is 1. The lowest BCUT2D eigenvalue weighted by atomic mass is 9.88.